The van der Waals surface area contributed by atoms with Crippen molar-refractivity contribution in [1.29, 1.82) is 0 Å². The highest BCUT2D eigenvalue weighted by molar-refractivity contribution is 5.76. The van der Waals surface area contributed by atoms with Gasteiger partial charge < -0.3 is 9.64 Å². The van der Waals surface area contributed by atoms with Gasteiger partial charge in [-0.3, -0.25) is 4.79 Å². The minimum atomic E-state index is 0.244. The van der Waals surface area contributed by atoms with Crippen LogP contribution in [0.1, 0.15) is 26.2 Å². The molecule has 0 N–H and O–H groups in total. The third kappa shape index (κ3) is 3.35. The Morgan fingerprint density at radius 3 is 3.00 bits per heavy atom. The molecule has 1 rings (SSSR count). The van der Waals surface area contributed by atoms with Crippen LogP contribution in [0.15, 0.2) is 0 Å². The molecule has 0 aromatic heterocycles. The first kappa shape index (κ1) is 10.5. The minimum Gasteiger partial charge on any atom is -0.384 e. The van der Waals surface area contributed by atoms with Gasteiger partial charge in [0.2, 0.25) is 5.91 Å². The molecule has 0 saturated carbocycles. The second-order valence-corrected chi connectivity index (χ2v) is 3.83. The molecule has 0 radical (unpaired) electrons. The van der Waals surface area contributed by atoms with E-state index in [1.54, 1.807) is 7.11 Å². The monoisotopic (exact) mass is 185 g/mol. The summed E-state index contributed by atoms with van der Waals surface area (Å²) in [5, 5.41) is 0. The molecule has 1 aliphatic heterocycles. The summed E-state index contributed by atoms with van der Waals surface area (Å²) in [6.45, 7) is 4.62. The van der Waals surface area contributed by atoms with Crippen LogP contribution in [-0.2, 0) is 9.53 Å². The van der Waals surface area contributed by atoms with E-state index >= 15 is 0 Å². The molecule has 0 aliphatic carbocycles. The first-order chi connectivity index (χ1) is 6.24. The van der Waals surface area contributed by atoms with E-state index in [1.165, 1.54) is 6.42 Å². The molecule has 0 bridgehead atoms. The summed E-state index contributed by atoms with van der Waals surface area (Å²) >= 11 is 0. The van der Waals surface area contributed by atoms with E-state index in [9.17, 15) is 4.79 Å². The maximum absolute atomic E-state index is 11.5. The molecule has 0 aromatic carbocycles. The summed E-state index contributed by atoms with van der Waals surface area (Å²) in [6.07, 6.45) is 2.94. The minimum absolute atomic E-state index is 0.244. The SMILES string of the molecule is COCCC(=O)N1CCC[C@@H](C)C1. The maximum Gasteiger partial charge on any atom is 0.224 e. The molecule has 0 aromatic rings. The Kier molecular flexibility index (Phi) is 4.22. The number of ether oxygens (including phenoxy) is 1. The normalized spacial score (nSPS) is 23.2. The van der Waals surface area contributed by atoms with Gasteiger partial charge >= 0.3 is 0 Å². The number of amides is 1. The molecule has 0 unspecified atom stereocenters. The molecule has 76 valence electrons. The van der Waals surface area contributed by atoms with E-state index in [-0.39, 0.29) is 5.91 Å². The maximum atomic E-state index is 11.5. The highest BCUT2D eigenvalue weighted by Gasteiger charge is 2.19. The van der Waals surface area contributed by atoms with Crippen molar-refractivity contribution in [2.24, 2.45) is 5.92 Å². The molecule has 3 nitrogen and oxygen atoms in total. The van der Waals surface area contributed by atoms with E-state index in [0.29, 0.717) is 18.9 Å². The van der Waals surface area contributed by atoms with Gasteiger partial charge in [0.1, 0.15) is 0 Å². The number of rotatable bonds is 3. The van der Waals surface area contributed by atoms with E-state index < -0.39 is 0 Å². The van der Waals surface area contributed by atoms with Gasteiger partial charge in [0.15, 0.2) is 0 Å². The first-order valence-electron chi connectivity index (χ1n) is 5.00. The number of methoxy groups -OCH3 is 1. The topological polar surface area (TPSA) is 29.5 Å². The van der Waals surface area contributed by atoms with Crippen LogP contribution in [0.4, 0.5) is 0 Å². The average molecular weight is 185 g/mol. The fraction of sp³-hybridized carbons (Fsp3) is 0.900. The number of piperidine rings is 1. The van der Waals surface area contributed by atoms with Gasteiger partial charge in [0.05, 0.1) is 13.0 Å². The lowest BCUT2D eigenvalue weighted by atomic mass is 10.0. The predicted molar refractivity (Wildman–Crippen MR) is 51.5 cm³/mol. The van der Waals surface area contributed by atoms with E-state index in [4.69, 9.17) is 4.74 Å². The van der Waals surface area contributed by atoms with E-state index in [2.05, 4.69) is 6.92 Å². The van der Waals surface area contributed by atoms with Gasteiger partial charge in [-0.2, -0.15) is 0 Å². The Morgan fingerprint density at radius 1 is 1.62 bits per heavy atom. The Balaban J connectivity index is 2.28. The Morgan fingerprint density at radius 2 is 2.38 bits per heavy atom. The molecule has 0 spiro atoms. The second kappa shape index (κ2) is 5.22. The van der Waals surface area contributed by atoms with Crippen molar-refractivity contribution < 1.29 is 9.53 Å². The van der Waals surface area contributed by atoms with Crippen molar-refractivity contribution in [3.63, 3.8) is 0 Å². The standard InChI is InChI=1S/C10H19NO2/c1-9-4-3-6-11(8-9)10(12)5-7-13-2/h9H,3-8H2,1-2H3/t9-/m1/s1. The molecular formula is C10H19NO2. The van der Waals surface area contributed by atoms with Crippen LogP contribution in [0.25, 0.3) is 0 Å². The summed E-state index contributed by atoms with van der Waals surface area (Å²) in [5.41, 5.74) is 0. The summed E-state index contributed by atoms with van der Waals surface area (Å²) in [4.78, 5) is 13.5. The summed E-state index contributed by atoms with van der Waals surface area (Å²) < 4.78 is 4.88. The first-order valence-corrected chi connectivity index (χ1v) is 5.00. The quantitative estimate of drug-likeness (QED) is 0.663. The second-order valence-electron chi connectivity index (χ2n) is 3.83. The fourth-order valence-electron chi connectivity index (χ4n) is 1.76. The van der Waals surface area contributed by atoms with Gasteiger partial charge in [-0.15, -0.1) is 0 Å². The third-order valence-electron chi connectivity index (χ3n) is 2.53. The molecule has 1 aliphatic rings. The van der Waals surface area contributed by atoms with Crippen LogP contribution in [0.2, 0.25) is 0 Å². The number of likely N-dealkylation sites (tertiary alicyclic amines) is 1. The van der Waals surface area contributed by atoms with E-state index in [0.717, 1.165) is 19.5 Å². The number of hydrogen-bond donors (Lipinski definition) is 0. The van der Waals surface area contributed by atoms with Gasteiger partial charge in [-0.05, 0) is 18.8 Å². The fourth-order valence-corrected chi connectivity index (χ4v) is 1.76. The third-order valence-corrected chi connectivity index (χ3v) is 2.53. The van der Waals surface area contributed by atoms with Crippen LogP contribution in [0.5, 0.6) is 0 Å². The van der Waals surface area contributed by atoms with Crippen molar-refractivity contribution in [3.05, 3.63) is 0 Å². The zero-order valence-corrected chi connectivity index (χ0v) is 8.58. The average Bonchev–Trinajstić information content (AvgIpc) is 2.14. The van der Waals surface area contributed by atoms with Gasteiger partial charge in [-0.25, -0.2) is 0 Å². The molecule has 3 heteroatoms. The van der Waals surface area contributed by atoms with Crippen molar-refractivity contribution in [3.8, 4) is 0 Å². The van der Waals surface area contributed by atoms with Crippen LogP contribution < -0.4 is 0 Å². The molecule has 1 fully saturated rings. The molecular weight excluding hydrogens is 166 g/mol. The van der Waals surface area contributed by atoms with Gasteiger partial charge in [0.25, 0.3) is 0 Å². The molecule has 1 saturated heterocycles. The Labute approximate surface area is 80.1 Å². The molecule has 13 heavy (non-hydrogen) atoms. The van der Waals surface area contributed by atoms with Gasteiger partial charge in [0, 0.05) is 20.2 Å². The van der Waals surface area contributed by atoms with Crippen molar-refractivity contribution >= 4 is 5.91 Å². The lowest BCUT2D eigenvalue weighted by molar-refractivity contribution is -0.133. The van der Waals surface area contributed by atoms with Crippen LogP contribution >= 0.6 is 0 Å². The molecule has 1 heterocycles. The molecule has 1 atom stereocenters. The van der Waals surface area contributed by atoms with Gasteiger partial charge in [-0.1, -0.05) is 6.92 Å². The lowest BCUT2D eigenvalue weighted by Gasteiger charge is -2.30. The highest BCUT2D eigenvalue weighted by Crippen LogP contribution is 2.15. The summed E-state index contributed by atoms with van der Waals surface area (Å²) in [5.74, 6) is 0.911. The Hall–Kier alpha value is -0.570. The van der Waals surface area contributed by atoms with Crippen LogP contribution in [-0.4, -0.2) is 37.6 Å². The number of nitrogens with zero attached hydrogens (tertiary/aromatic N) is 1. The van der Waals surface area contributed by atoms with E-state index in [1.807, 2.05) is 4.90 Å². The van der Waals surface area contributed by atoms with Crippen LogP contribution in [0.3, 0.4) is 0 Å². The largest absolute Gasteiger partial charge is 0.384 e. The predicted octanol–water partition coefficient (Wildman–Crippen LogP) is 1.28. The Bertz CT molecular complexity index is 170. The zero-order chi connectivity index (χ0) is 9.68. The number of hydrogen-bond acceptors (Lipinski definition) is 2. The van der Waals surface area contributed by atoms with Crippen LogP contribution in [0, 0.1) is 5.92 Å². The van der Waals surface area contributed by atoms with Crippen molar-refractivity contribution in [2.75, 3.05) is 26.8 Å². The zero-order valence-electron chi connectivity index (χ0n) is 8.58. The summed E-state index contributed by atoms with van der Waals surface area (Å²) in [6, 6.07) is 0. The smallest absolute Gasteiger partial charge is 0.224 e. The van der Waals surface area contributed by atoms with Crippen molar-refractivity contribution in [1.82, 2.24) is 4.90 Å². The lowest BCUT2D eigenvalue weighted by Crippen LogP contribution is -2.39. The molecule has 1 amide bonds. The number of carbonyl (C=O) groups is 1. The number of carbonyl (C=O) groups excluding carboxylic acids is 1. The van der Waals surface area contributed by atoms with Crippen molar-refractivity contribution in [2.45, 2.75) is 26.2 Å². The highest BCUT2D eigenvalue weighted by atomic mass is 16.5. The summed E-state index contributed by atoms with van der Waals surface area (Å²) in [7, 11) is 1.63.